The molecule has 0 spiro atoms. The Labute approximate surface area is 143 Å². The third kappa shape index (κ3) is 5.80. The van der Waals surface area contributed by atoms with E-state index in [1.807, 2.05) is 55.5 Å². The summed E-state index contributed by atoms with van der Waals surface area (Å²) in [6.07, 6.45) is 4.01. The predicted molar refractivity (Wildman–Crippen MR) is 96.3 cm³/mol. The number of para-hydroxylation sites is 1. The topological polar surface area (TPSA) is 47.6 Å². The van der Waals surface area contributed by atoms with Crippen LogP contribution >= 0.6 is 0 Å². The third-order valence-electron chi connectivity index (χ3n) is 3.43. The molecule has 2 rings (SSSR count). The van der Waals surface area contributed by atoms with Crippen LogP contribution in [-0.4, -0.2) is 26.2 Å². The van der Waals surface area contributed by atoms with E-state index < -0.39 is 0 Å². The lowest BCUT2D eigenvalue weighted by atomic mass is 10.2. The quantitative estimate of drug-likeness (QED) is 0.596. The first-order valence-corrected chi connectivity index (χ1v) is 7.97. The van der Waals surface area contributed by atoms with E-state index in [4.69, 9.17) is 9.47 Å². The van der Waals surface area contributed by atoms with Gasteiger partial charge in [-0.15, -0.1) is 0 Å². The fraction of sp³-hybridized carbons (Fsp3) is 0.250. The highest BCUT2D eigenvalue weighted by molar-refractivity contribution is 5.92. The lowest BCUT2D eigenvalue weighted by Gasteiger charge is -2.07. The van der Waals surface area contributed by atoms with Gasteiger partial charge in [-0.2, -0.15) is 0 Å². The van der Waals surface area contributed by atoms with Crippen LogP contribution in [0.2, 0.25) is 0 Å². The van der Waals surface area contributed by atoms with E-state index in [9.17, 15) is 4.79 Å². The number of rotatable bonds is 8. The van der Waals surface area contributed by atoms with Crippen LogP contribution in [0.4, 0.5) is 0 Å². The van der Waals surface area contributed by atoms with Gasteiger partial charge < -0.3 is 14.8 Å². The number of carbonyl (C=O) groups excluding carboxylic acids is 1. The Hall–Kier alpha value is -2.75. The predicted octanol–water partition coefficient (Wildman–Crippen LogP) is 3.60. The fourth-order valence-corrected chi connectivity index (χ4v) is 2.21. The van der Waals surface area contributed by atoms with Crippen molar-refractivity contribution in [2.24, 2.45) is 0 Å². The minimum atomic E-state index is -0.128. The number of methoxy groups -OCH3 is 1. The molecule has 0 radical (unpaired) electrons. The van der Waals surface area contributed by atoms with Crippen LogP contribution in [0.5, 0.6) is 11.5 Å². The summed E-state index contributed by atoms with van der Waals surface area (Å²) in [5.74, 6) is 1.47. The van der Waals surface area contributed by atoms with Crippen LogP contribution in [0.15, 0.2) is 54.6 Å². The van der Waals surface area contributed by atoms with Crippen LogP contribution in [0, 0.1) is 6.92 Å². The standard InChI is InChI=1S/C20H23NO3/c1-16-7-5-9-18(15-16)24-14-6-13-21-20(22)12-11-17-8-3-4-10-19(17)23-2/h3-5,7-12,15H,6,13-14H2,1-2H3,(H,21,22)/b12-11+. The number of amides is 1. The van der Waals surface area contributed by atoms with Crippen LogP contribution in [0.1, 0.15) is 17.5 Å². The normalized spacial score (nSPS) is 10.6. The molecule has 4 nitrogen and oxygen atoms in total. The van der Waals surface area contributed by atoms with Crippen LogP contribution in [0.25, 0.3) is 6.08 Å². The first-order chi connectivity index (χ1) is 11.7. The second kappa shape index (κ2) is 9.40. The molecule has 4 heteroatoms. The number of hydrogen-bond donors (Lipinski definition) is 1. The molecule has 0 aliphatic carbocycles. The molecule has 0 heterocycles. The SMILES string of the molecule is COc1ccccc1/C=C/C(=O)NCCCOc1cccc(C)c1. The van der Waals surface area contributed by atoms with Crippen LogP contribution in [0.3, 0.4) is 0 Å². The molecule has 0 saturated heterocycles. The number of benzene rings is 2. The van der Waals surface area contributed by atoms with Gasteiger partial charge in [0.05, 0.1) is 13.7 Å². The molecule has 0 atom stereocenters. The summed E-state index contributed by atoms with van der Waals surface area (Å²) < 4.78 is 10.9. The number of hydrogen-bond acceptors (Lipinski definition) is 3. The van der Waals surface area contributed by atoms with Gasteiger partial charge in [-0.25, -0.2) is 0 Å². The molecule has 0 saturated carbocycles. The molecule has 0 unspecified atom stereocenters. The summed E-state index contributed by atoms with van der Waals surface area (Å²) in [4.78, 5) is 11.8. The second-order valence-corrected chi connectivity index (χ2v) is 5.38. The van der Waals surface area contributed by atoms with Gasteiger partial charge in [-0.1, -0.05) is 30.3 Å². The Bertz CT molecular complexity index is 695. The summed E-state index contributed by atoms with van der Waals surface area (Å²) in [5, 5.41) is 2.84. The van der Waals surface area contributed by atoms with Gasteiger partial charge in [0.25, 0.3) is 0 Å². The van der Waals surface area contributed by atoms with E-state index >= 15 is 0 Å². The number of carbonyl (C=O) groups is 1. The average Bonchev–Trinajstić information content (AvgIpc) is 2.60. The summed E-state index contributed by atoms with van der Waals surface area (Å²) in [6, 6.07) is 15.5. The highest BCUT2D eigenvalue weighted by atomic mass is 16.5. The molecule has 2 aromatic carbocycles. The van der Waals surface area contributed by atoms with E-state index in [0.717, 1.165) is 23.5 Å². The maximum absolute atomic E-state index is 11.8. The third-order valence-corrected chi connectivity index (χ3v) is 3.43. The maximum atomic E-state index is 11.8. The van der Waals surface area contributed by atoms with Gasteiger partial charge in [-0.05, 0) is 43.2 Å². The van der Waals surface area contributed by atoms with E-state index in [1.54, 1.807) is 13.2 Å². The first kappa shape index (κ1) is 17.6. The van der Waals surface area contributed by atoms with Crippen molar-refractivity contribution in [3.8, 4) is 11.5 Å². The number of nitrogens with one attached hydrogen (secondary N) is 1. The van der Waals surface area contributed by atoms with Crippen molar-refractivity contribution in [3.63, 3.8) is 0 Å². The molecular weight excluding hydrogens is 302 g/mol. The van der Waals surface area contributed by atoms with Gasteiger partial charge in [-0.3, -0.25) is 4.79 Å². The first-order valence-electron chi connectivity index (χ1n) is 7.97. The number of ether oxygens (including phenoxy) is 2. The van der Waals surface area contributed by atoms with Crippen LogP contribution < -0.4 is 14.8 Å². The van der Waals surface area contributed by atoms with Gasteiger partial charge in [0.1, 0.15) is 11.5 Å². The second-order valence-electron chi connectivity index (χ2n) is 5.38. The molecule has 1 N–H and O–H groups in total. The zero-order chi connectivity index (χ0) is 17.2. The number of aryl methyl sites for hydroxylation is 1. The van der Waals surface area contributed by atoms with Gasteiger partial charge in [0, 0.05) is 18.2 Å². The molecule has 0 fully saturated rings. The van der Waals surface area contributed by atoms with Crippen molar-refractivity contribution in [3.05, 3.63) is 65.7 Å². The molecule has 0 aromatic heterocycles. The van der Waals surface area contributed by atoms with E-state index in [1.165, 1.54) is 11.6 Å². The van der Waals surface area contributed by atoms with Crippen molar-refractivity contribution in [1.82, 2.24) is 5.32 Å². The smallest absolute Gasteiger partial charge is 0.244 e. The Kier molecular flexibility index (Phi) is 6.90. The zero-order valence-corrected chi connectivity index (χ0v) is 14.1. The van der Waals surface area contributed by atoms with Gasteiger partial charge >= 0.3 is 0 Å². The molecule has 2 aromatic rings. The Morgan fingerprint density at radius 2 is 2.00 bits per heavy atom. The van der Waals surface area contributed by atoms with E-state index in [2.05, 4.69) is 5.32 Å². The Balaban J connectivity index is 1.69. The molecule has 0 aliphatic heterocycles. The Morgan fingerprint density at radius 1 is 1.17 bits per heavy atom. The van der Waals surface area contributed by atoms with Gasteiger partial charge in [0.2, 0.25) is 5.91 Å². The highest BCUT2D eigenvalue weighted by Crippen LogP contribution is 2.18. The zero-order valence-electron chi connectivity index (χ0n) is 14.1. The largest absolute Gasteiger partial charge is 0.496 e. The molecule has 0 bridgehead atoms. The van der Waals surface area contributed by atoms with Gasteiger partial charge in [0.15, 0.2) is 0 Å². The highest BCUT2D eigenvalue weighted by Gasteiger charge is 1.99. The molecule has 1 amide bonds. The maximum Gasteiger partial charge on any atom is 0.244 e. The van der Waals surface area contributed by atoms with Crippen molar-refractivity contribution in [2.75, 3.05) is 20.3 Å². The minimum absolute atomic E-state index is 0.128. The van der Waals surface area contributed by atoms with Crippen LogP contribution in [-0.2, 0) is 4.79 Å². The summed E-state index contributed by atoms with van der Waals surface area (Å²) in [6.45, 7) is 3.17. The molecular formula is C20H23NO3. The lowest BCUT2D eigenvalue weighted by molar-refractivity contribution is -0.116. The monoisotopic (exact) mass is 325 g/mol. The Morgan fingerprint density at radius 3 is 2.79 bits per heavy atom. The fourth-order valence-electron chi connectivity index (χ4n) is 2.21. The summed E-state index contributed by atoms with van der Waals surface area (Å²) in [5.41, 5.74) is 2.04. The van der Waals surface area contributed by atoms with Crippen molar-refractivity contribution < 1.29 is 14.3 Å². The van der Waals surface area contributed by atoms with Crippen molar-refractivity contribution in [1.29, 1.82) is 0 Å². The average molecular weight is 325 g/mol. The molecule has 24 heavy (non-hydrogen) atoms. The molecule has 126 valence electrons. The summed E-state index contributed by atoms with van der Waals surface area (Å²) >= 11 is 0. The van der Waals surface area contributed by atoms with Crippen molar-refractivity contribution in [2.45, 2.75) is 13.3 Å². The lowest BCUT2D eigenvalue weighted by Crippen LogP contribution is -2.23. The van der Waals surface area contributed by atoms with Crippen molar-refractivity contribution >= 4 is 12.0 Å². The minimum Gasteiger partial charge on any atom is -0.496 e. The molecule has 0 aliphatic rings. The van der Waals surface area contributed by atoms with E-state index in [-0.39, 0.29) is 5.91 Å². The van der Waals surface area contributed by atoms with E-state index in [0.29, 0.717) is 13.2 Å². The summed E-state index contributed by atoms with van der Waals surface area (Å²) in [7, 11) is 1.61.